The van der Waals surface area contributed by atoms with Crippen molar-refractivity contribution in [1.29, 1.82) is 0 Å². The molecule has 2 N–H and O–H groups in total. The summed E-state index contributed by atoms with van der Waals surface area (Å²) in [6.45, 7) is 1.92. The molecule has 4 nitrogen and oxygen atoms in total. The lowest BCUT2D eigenvalue weighted by molar-refractivity contribution is -0.134. The van der Waals surface area contributed by atoms with E-state index in [-0.39, 0.29) is 11.5 Å². The highest BCUT2D eigenvalue weighted by Gasteiger charge is 2.39. The zero-order valence-corrected chi connectivity index (χ0v) is 9.34. The summed E-state index contributed by atoms with van der Waals surface area (Å²) in [4.78, 5) is 11.7. The SMILES string of the molecule is COC1(CC(=O)N[C@H]2CCNC2)CCC1. The van der Waals surface area contributed by atoms with Gasteiger partial charge in [-0.15, -0.1) is 0 Å². The Labute approximate surface area is 90.8 Å². The normalized spacial score (nSPS) is 28.5. The Bertz CT molecular complexity index is 227. The molecule has 2 aliphatic rings. The highest BCUT2D eigenvalue weighted by molar-refractivity contribution is 5.77. The average Bonchev–Trinajstić information content (AvgIpc) is 2.64. The predicted molar refractivity (Wildman–Crippen MR) is 57.6 cm³/mol. The Kier molecular flexibility index (Phi) is 3.26. The van der Waals surface area contributed by atoms with Gasteiger partial charge in [-0.25, -0.2) is 0 Å². The van der Waals surface area contributed by atoms with Crippen LogP contribution in [-0.4, -0.2) is 37.7 Å². The molecule has 0 unspecified atom stereocenters. The first-order valence-corrected chi connectivity index (χ1v) is 5.79. The van der Waals surface area contributed by atoms with E-state index >= 15 is 0 Å². The number of hydrogen-bond acceptors (Lipinski definition) is 3. The molecule has 1 amide bonds. The van der Waals surface area contributed by atoms with Crippen LogP contribution in [0, 0.1) is 0 Å². The predicted octanol–water partition coefficient (Wildman–Crippen LogP) is 0.424. The number of ether oxygens (including phenoxy) is 1. The maximum Gasteiger partial charge on any atom is 0.223 e. The maximum absolute atomic E-state index is 11.7. The van der Waals surface area contributed by atoms with Gasteiger partial charge in [0.15, 0.2) is 0 Å². The van der Waals surface area contributed by atoms with Crippen molar-refractivity contribution in [2.45, 2.75) is 43.7 Å². The number of carbonyl (C=O) groups excluding carboxylic acids is 1. The van der Waals surface area contributed by atoms with Gasteiger partial charge in [0.2, 0.25) is 5.91 Å². The van der Waals surface area contributed by atoms with Crippen molar-refractivity contribution in [3.05, 3.63) is 0 Å². The largest absolute Gasteiger partial charge is 0.378 e. The Balaban J connectivity index is 1.76. The van der Waals surface area contributed by atoms with Gasteiger partial charge in [-0.05, 0) is 32.2 Å². The second kappa shape index (κ2) is 4.49. The van der Waals surface area contributed by atoms with Crippen molar-refractivity contribution in [2.24, 2.45) is 0 Å². The molecule has 0 aromatic heterocycles. The summed E-state index contributed by atoms with van der Waals surface area (Å²) >= 11 is 0. The molecule has 1 saturated heterocycles. The van der Waals surface area contributed by atoms with Crippen LogP contribution in [0.5, 0.6) is 0 Å². The van der Waals surface area contributed by atoms with E-state index in [9.17, 15) is 4.79 Å². The summed E-state index contributed by atoms with van der Waals surface area (Å²) in [5.41, 5.74) is -0.143. The highest BCUT2D eigenvalue weighted by atomic mass is 16.5. The molecular formula is C11H20N2O2. The third kappa shape index (κ3) is 2.49. The molecule has 2 fully saturated rings. The van der Waals surface area contributed by atoms with Crippen LogP contribution in [0.3, 0.4) is 0 Å². The first-order chi connectivity index (χ1) is 7.24. The molecule has 0 aromatic rings. The lowest BCUT2D eigenvalue weighted by atomic mass is 9.77. The van der Waals surface area contributed by atoms with Crippen molar-refractivity contribution < 1.29 is 9.53 Å². The first kappa shape index (κ1) is 10.9. The van der Waals surface area contributed by atoms with E-state index in [2.05, 4.69) is 10.6 Å². The number of hydrogen-bond donors (Lipinski definition) is 2. The second-order valence-corrected chi connectivity index (χ2v) is 4.67. The number of rotatable bonds is 4. The minimum absolute atomic E-state index is 0.143. The van der Waals surface area contributed by atoms with Crippen LogP contribution < -0.4 is 10.6 Å². The molecule has 2 rings (SSSR count). The van der Waals surface area contributed by atoms with Crippen LogP contribution in [0.2, 0.25) is 0 Å². The van der Waals surface area contributed by atoms with Gasteiger partial charge in [0, 0.05) is 19.7 Å². The van der Waals surface area contributed by atoms with Crippen LogP contribution in [0.1, 0.15) is 32.1 Å². The molecule has 4 heteroatoms. The van der Waals surface area contributed by atoms with Crippen molar-refractivity contribution in [3.63, 3.8) is 0 Å². The molecule has 1 saturated carbocycles. The molecule has 0 radical (unpaired) electrons. The molecule has 0 aromatic carbocycles. The number of nitrogens with one attached hydrogen (secondary N) is 2. The molecule has 0 spiro atoms. The Morgan fingerprint density at radius 3 is 2.87 bits per heavy atom. The van der Waals surface area contributed by atoms with Crippen LogP contribution >= 0.6 is 0 Å². The fourth-order valence-corrected chi connectivity index (χ4v) is 2.37. The second-order valence-electron chi connectivity index (χ2n) is 4.67. The third-order valence-corrected chi connectivity index (χ3v) is 3.61. The Hall–Kier alpha value is -0.610. The van der Waals surface area contributed by atoms with Gasteiger partial charge in [-0.1, -0.05) is 0 Å². The zero-order chi connectivity index (χ0) is 10.7. The van der Waals surface area contributed by atoms with Gasteiger partial charge >= 0.3 is 0 Å². The van der Waals surface area contributed by atoms with Crippen LogP contribution in [0.25, 0.3) is 0 Å². The standard InChI is InChI=1S/C11H20N2O2/c1-15-11(4-2-5-11)7-10(14)13-9-3-6-12-8-9/h9,12H,2-8H2,1H3,(H,13,14)/t9-/m0/s1. The zero-order valence-electron chi connectivity index (χ0n) is 9.34. The van der Waals surface area contributed by atoms with Gasteiger partial charge < -0.3 is 15.4 Å². The third-order valence-electron chi connectivity index (χ3n) is 3.61. The highest BCUT2D eigenvalue weighted by Crippen LogP contribution is 2.37. The monoisotopic (exact) mass is 212 g/mol. The minimum Gasteiger partial charge on any atom is -0.378 e. The molecule has 0 bridgehead atoms. The van der Waals surface area contributed by atoms with Crippen molar-refractivity contribution >= 4 is 5.91 Å². The summed E-state index contributed by atoms with van der Waals surface area (Å²) < 4.78 is 5.43. The molecule has 1 heterocycles. The molecule has 1 aliphatic carbocycles. The molecule has 86 valence electrons. The van der Waals surface area contributed by atoms with Crippen LogP contribution in [-0.2, 0) is 9.53 Å². The number of carbonyl (C=O) groups is 1. The van der Waals surface area contributed by atoms with Crippen LogP contribution in [0.4, 0.5) is 0 Å². The van der Waals surface area contributed by atoms with E-state index in [0.29, 0.717) is 12.5 Å². The van der Waals surface area contributed by atoms with Gasteiger partial charge in [-0.2, -0.15) is 0 Å². The van der Waals surface area contributed by atoms with Crippen molar-refractivity contribution in [3.8, 4) is 0 Å². The van der Waals surface area contributed by atoms with E-state index in [1.165, 1.54) is 6.42 Å². The minimum atomic E-state index is -0.143. The topological polar surface area (TPSA) is 50.4 Å². The van der Waals surface area contributed by atoms with E-state index in [1.807, 2.05) is 0 Å². The van der Waals surface area contributed by atoms with Gasteiger partial charge in [0.05, 0.1) is 12.0 Å². The molecule has 15 heavy (non-hydrogen) atoms. The molecule has 1 atom stereocenters. The van der Waals surface area contributed by atoms with Crippen molar-refractivity contribution in [1.82, 2.24) is 10.6 Å². The van der Waals surface area contributed by atoms with Crippen molar-refractivity contribution in [2.75, 3.05) is 20.2 Å². The Morgan fingerprint density at radius 2 is 2.40 bits per heavy atom. The fraction of sp³-hybridized carbons (Fsp3) is 0.909. The summed E-state index contributed by atoms with van der Waals surface area (Å²) in [6, 6.07) is 0.325. The summed E-state index contributed by atoms with van der Waals surface area (Å²) in [5, 5.41) is 6.29. The maximum atomic E-state index is 11.7. The van der Waals surface area contributed by atoms with Gasteiger partial charge in [0.25, 0.3) is 0 Å². The van der Waals surface area contributed by atoms with Crippen LogP contribution in [0.15, 0.2) is 0 Å². The fourth-order valence-electron chi connectivity index (χ4n) is 2.37. The van der Waals surface area contributed by atoms with E-state index in [0.717, 1.165) is 32.4 Å². The van der Waals surface area contributed by atoms with E-state index in [4.69, 9.17) is 4.74 Å². The first-order valence-electron chi connectivity index (χ1n) is 5.79. The number of amides is 1. The average molecular weight is 212 g/mol. The van der Waals surface area contributed by atoms with Gasteiger partial charge in [-0.3, -0.25) is 4.79 Å². The summed E-state index contributed by atoms with van der Waals surface area (Å²) in [7, 11) is 1.71. The smallest absolute Gasteiger partial charge is 0.223 e. The lowest BCUT2D eigenvalue weighted by Gasteiger charge is -2.40. The lowest BCUT2D eigenvalue weighted by Crippen LogP contribution is -2.46. The number of methoxy groups -OCH3 is 1. The quantitative estimate of drug-likeness (QED) is 0.710. The van der Waals surface area contributed by atoms with Gasteiger partial charge in [0.1, 0.15) is 0 Å². The van der Waals surface area contributed by atoms with E-state index in [1.54, 1.807) is 7.11 Å². The summed E-state index contributed by atoms with van der Waals surface area (Å²) in [5.74, 6) is 0.144. The van der Waals surface area contributed by atoms with E-state index < -0.39 is 0 Å². The Morgan fingerprint density at radius 1 is 1.60 bits per heavy atom. The summed E-state index contributed by atoms with van der Waals surface area (Å²) in [6.07, 6.45) is 4.82. The molecule has 1 aliphatic heterocycles. The molecular weight excluding hydrogens is 192 g/mol.